The van der Waals surface area contributed by atoms with Gasteiger partial charge in [0.2, 0.25) is 5.91 Å². The standard InChI is InChI=1S/C16H27ClN2O3/c1-15(2,3)22-14(21)19-9-12-8-18(10-16(12,4)11-19)13(20)6-5-7-17/h12H,5-11H2,1-4H3/t12-,16-/m1/s1. The highest BCUT2D eigenvalue weighted by Gasteiger charge is 2.51. The van der Waals surface area contributed by atoms with Gasteiger partial charge in [-0.3, -0.25) is 4.79 Å². The Hall–Kier alpha value is -0.970. The van der Waals surface area contributed by atoms with E-state index in [2.05, 4.69) is 6.92 Å². The van der Waals surface area contributed by atoms with Crippen molar-refractivity contribution < 1.29 is 14.3 Å². The molecule has 0 bridgehead atoms. The first-order valence-corrected chi connectivity index (χ1v) is 8.50. The van der Waals surface area contributed by atoms with Crippen LogP contribution >= 0.6 is 11.6 Å². The second-order valence-corrected chi connectivity index (χ2v) is 8.16. The lowest BCUT2D eigenvalue weighted by Crippen LogP contribution is -2.40. The first kappa shape index (κ1) is 17.4. The highest BCUT2D eigenvalue weighted by molar-refractivity contribution is 6.17. The Labute approximate surface area is 137 Å². The number of nitrogens with zero attached hydrogens (tertiary/aromatic N) is 2. The van der Waals surface area contributed by atoms with E-state index >= 15 is 0 Å². The van der Waals surface area contributed by atoms with E-state index in [4.69, 9.17) is 16.3 Å². The molecule has 0 unspecified atom stereocenters. The molecule has 6 heteroatoms. The molecular weight excluding hydrogens is 304 g/mol. The van der Waals surface area contributed by atoms with Gasteiger partial charge in [0.1, 0.15) is 5.60 Å². The zero-order valence-corrected chi connectivity index (χ0v) is 14.8. The molecule has 5 nitrogen and oxygen atoms in total. The number of ether oxygens (including phenoxy) is 1. The Balaban J connectivity index is 1.92. The summed E-state index contributed by atoms with van der Waals surface area (Å²) in [6.07, 6.45) is 0.993. The number of hydrogen-bond donors (Lipinski definition) is 0. The molecule has 2 aliphatic rings. The number of fused-ring (bicyclic) bond motifs is 1. The highest BCUT2D eigenvalue weighted by atomic mass is 35.5. The van der Waals surface area contributed by atoms with Gasteiger partial charge in [-0.05, 0) is 27.2 Å². The Bertz CT molecular complexity index is 449. The van der Waals surface area contributed by atoms with Crippen LogP contribution in [0.2, 0.25) is 0 Å². The molecule has 22 heavy (non-hydrogen) atoms. The molecule has 2 amide bonds. The molecule has 0 aromatic carbocycles. The van der Waals surface area contributed by atoms with Crippen molar-refractivity contribution >= 4 is 23.6 Å². The largest absolute Gasteiger partial charge is 0.444 e. The third-order valence-corrected chi connectivity index (χ3v) is 4.77. The molecule has 0 radical (unpaired) electrons. The number of carbonyl (C=O) groups excluding carboxylic acids is 2. The number of carbonyl (C=O) groups is 2. The number of amides is 2. The molecule has 0 aromatic rings. The van der Waals surface area contributed by atoms with Crippen LogP contribution in [0.5, 0.6) is 0 Å². The summed E-state index contributed by atoms with van der Waals surface area (Å²) in [5, 5.41) is 0. The lowest BCUT2D eigenvalue weighted by atomic mass is 9.83. The van der Waals surface area contributed by atoms with Crippen molar-refractivity contribution in [2.75, 3.05) is 32.1 Å². The topological polar surface area (TPSA) is 49.9 Å². The Morgan fingerprint density at radius 1 is 1.23 bits per heavy atom. The van der Waals surface area contributed by atoms with Gasteiger partial charge in [0, 0.05) is 49.8 Å². The summed E-state index contributed by atoms with van der Waals surface area (Å²) in [4.78, 5) is 28.1. The first-order chi connectivity index (χ1) is 10.1. The Morgan fingerprint density at radius 2 is 1.82 bits per heavy atom. The summed E-state index contributed by atoms with van der Waals surface area (Å²) in [7, 11) is 0. The van der Waals surface area contributed by atoms with Gasteiger partial charge in [-0.15, -0.1) is 11.6 Å². The summed E-state index contributed by atoms with van der Waals surface area (Å²) < 4.78 is 5.45. The number of rotatable bonds is 3. The van der Waals surface area contributed by atoms with E-state index in [0.29, 0.717) is 31.3 Å². The van der Waals surface area contributed by atoms with Gasteiger partial charge in [0.15, 0.2) is 0 Å². The van der Waals surface area contributed by atoms with Crippen molar-refractivity contribution in [2.24, 2.45) is 11.3 Å². The number of halogens is 1. The molecule has 0 spiro atoms. The average molecular weight is 331 g/mol. The lowest BCUT2D eigenvalue weighted by Gasteiger charge is -2.27. The highest BCUT2D eigenvalue weighted by Crippen LogP contribution is 2.42. The molecule has 0 saturated carbocycles. The van der Waals surface area contributed by atoms with E-state index in [1.807, 2.05) is 25.7 Å². The van der Waals surface area contributed by atoms with Crippen molar-refractivity contribution in [3.63, 3.8) is 0 Å². The average Bonchev–Trinajstić information content (AvgIpc) is 2.85. The predicted octanol–water partition coefficient (Wildman–Crippen LogP) is 2.72. The van der Waals surface area contributed by atoms with Crippen molar-refractivity contribution in [3.05, 3.63) is 0 Å². The van der Waals surface area contributed by atoms with E-state index in [-0.39, 0.29) is 17.4 Å². The van der Waals surface area contributed by atoms with Crippen LogP contribution in [-0.2, 0) is 9.53 Å². The first-order valence-electron chi connectivity index (χ1n) is 7.96. The van der Waals surface area contributed by atoms with Gasteiger partial charge in [-0.1, -0.05) is 6.92 Å². The maximum Gasteiger partial charge on any atom is 0.410 e. The molecule has 0 aliphatic carbocycles. The zero-order valence-electron chi connectivity index (χ0n) is 14.0. The van der Waals surface area contributed by atoms with Crippen LogP contribution in [0, 0.1) is 11.3 Å². The molecule has 0 aromatic heterocycles. The minimum absolute atomic E-state index is 0.0203. The van der Waals surface area contributed by atoms with Crippen molar-refractivity contribution in [3.8, 4) is 0 Å². The van der Waals surface area contributed by atoms with Crippen LogP contribution in [0.3, 0.4) is 0 Å². The van der Waals surface area contributed by atoms with E-state index < -0.39 is 5.60 Å². The number of likely N-dealkylation sites (tertiary alicyclic amines) is 2. The molecule has 2 saturated heterocycles. The normalized spacial score (nSPS) is 28.0. The smallest absolute Gasteiger partial charge is 0.410 e. The summed E-state index contributed by atoms with van der Waals surface area (Å²) in [5.74, 6) is 1.03. The maximum atomic E-state index is 12.2. The minimum Gasteiger partial charge on any atom is -0.444 e. The van der Waals surface area contributed by atoms with Crippen LogP contribution in [-0.4, -0.2) is 59.5 Å². The van der Waals surface area contributed by atoms with Crippen LogP contribution in [0.4, 0.5) is 4.79 Å². The third-order valence-electron chi connectivity index (χ3n) is 4.50. The van der Waals surface area contributed by atoms with Gasteiger partial charge in [-0.25, -0.2) is 4.79 Å². The van der Waals surface area contributed by atoms with Gasteiger partial charge in [0.05, 0.1) is 0 Å². The monoisotopic (exact) mass is 330 g/mol. The van der Waals surface area contributed by atoms with Crippen LogP contribution in [0.1, 0.15) is 40.5 Å². The van der Waals surface area contributed by atoms with Gasteiger partial charge < -0.3 is 14.5 Å². The van der Waals surface area contributed by atoms with E-state index in [1.54, 1.807) is 4.90 Å². The van der Waals surface area contributed by atoms with Crippen molar-refractivity contribution in [2.45, 2.75) is 46.1 Å². The second kappa shape index (κ2) is 6.26. The molecule has 2 rings (SSSR count). The number of alkyl halides is 1. The summed E-state index contributed by atoms with van der Waals surface area (Å²) in [6.45, 7) is 10.6. The fourth-order valence-electron chi connectivity index (χ4n) is 3.37. The second-order valence-electron chi connectivity index (χ2n) is 7.78. The molecule has 2 atom stereocenters. The quantitative estimate of drug-likeness (QED) is 0.748. The Kier molecular flexibility index (Phi) is 4.95. The van der Waals surface area contributed by atoms with Crippen molar-refractivity contribution in [1.82, 2.24) is 9.80 Å². The SMILES string of the molecule is CC(C)(C)OC(=O)N1C[C@H]2CN(C(=O)CCCCl)C[C@]2(C)C1. The van der Waals surface area contributed by atoms with E-state index in [1.165, 1.54) is 0 Å². The molecule has 126 valence electrons. The zero-order chi connectivity index (χ0) is 16.5. The van der Waals surface area contributed by atoms with Crippen LogP contribution < -0.4 is 0 Å². The molecule has 0 N–H and O–H groups in total. The molecule has 2 heterocycles. The molecule has 2 aliphatic heterocycles. The fourth-order valence-corrected chi connectivity index (χ4v) is 3.51. The van der Waals surface area contributed by atoms with Crippen LogP contribution in [0.15, 0.2) is 0 Å². The number of hydrogen-bond acceptors (Lipinski definition) is 3. The summed E-state index contributed by atoms with van der Waals surface area (Å²) in [6, 6.07) is 0. The summed E-state index contributed by atoms with van der Waals surface area (Å²) >= 11 is 5.65. The third kappa shape index (κ3) is 3.86. The fraction of sp³-hybridized carbons (Fsp3) is 0.875. The predicted molar refractivity (Wildman–Crippen MR) is 85.9 cm³/mol. The van der Waals surface area contributed by atoms with Crippen LogP contribution in [0.25, 0.3) is 0 Å². The van der Waals surface area contributed by atoms with E-state index in [9.17, 15) is 9.59 Å². The molecule has 2 fully saturated rings. The van der Waals surface area contributed by atoms with Gasteiger partial charge in [0.25, 0.3) is 0 Å². The minimum atomic E-state index is -0.473. The summed E-state index contributed by atoms with van der Waals surface area (Å²) in [5.41, 5.74) is -0.493. The van der Waals surface area contributed by atoms with Crippen molar-refractivity contribution in [1.29, 1.82) is 0 Å². The van der Waals surface area contributed by atoms with E-state index in [0.717, 1.165) is 19.5 Å². The maximum absolute atomic E-state index is 12.2. The lowest BCUT2D eigenvalue weighted by molar-refractivity contribution is -0.130. The van der Waals surface area contributed by atoms with Gasteiger partial charge in [-0.2, -0.15) is 0 Å². The molecular formula is C16H27ClN2O3. The Morgan fingerprint density at radius 3 is 2.36 bits per heavy atom. The van der Waals surface area contributed by atoms with Gasteiger partial charge >= 0.3 is 6.09 Å².